The van der Waals surface area contributed by atoms with Crippen LogP contribution in [0, 0.1) is 0 Å². The summed E-state index contributed by atoms with van der Waals surface area (Å²) in [6.45, 7) is 6.14. The van der Waals surface area contributed by atoms with Gasteiger partial charge >= 0.3 is 0 Å². The van der Waals surface area contributed by atoms with Crippen molar-refractivity contribution in [1.82, 2.24) is 9.47 Å². The molecule has 1 aromatic rings. The molecule has 0 spiro atoms. The Hall–Kier alpha value is -1.29. The number of aromatic hydroxyl groups is 1. The molecule has 112 valence electrons. The summed E-state index contributed by atoms with van der Waals surface area (Å²) in [5, 5.41) is 9.64. The molecule has 1 N–H and O–H groups in total. The zero-order chi connectivity index (χ0) is 14.4. The van der Waals surface area contributed by atoms with Crippen LogP contribution < -0.4 is 5.43 Å². The Labute approximate surface area is 121 Å². The van der Waals surface area contributed by atoms with Gasteiger partial charge in [-0.25, -0.2) is 0 Å². The van der Waals surface area contributed by atoms with E-state index in [9.17, 15) is 9.90 Å². The minimum absolute atomic E-state index is 0.134. The Morgan fingerprint density at radius 2 is 1.95 bits per heavy atom. The van der Waals surface area contributed by atoms with E-state index < -0.39 is 0 Å². The number of pyridine rings is 1. The van der Waals surface area contributed by atoms with Crippen LogP contribution in [0.1, 0.15) is 51.1 Å². The van der Waals surface area contributed by atoms with Crippen LogP contribution in [0.4, 0.5) is 0 Å². The Morgan fingerprint density at radius 1 is 1.20 bits per heavy atom. The van der Waals surface area contributed by atoms with Gasteiger partial charge in [0.1, 0.15) is 0 Å². The maximum Gasteiger partial charge on any atom is 0.223 e. The largest absolute Gasteiger partial charge is 0.503 e. The number of hydrogen-bond donors (Lipinski definition) is 1. The molecule has 1 aromatic heterocycles. The first-order chi connectivity index (χ1) is 9.70. The quantitative estimate of drug-likeness (QED) is 0.780. The number of likely N-dealkylation sites (tertiary alicyclic amines) is 1. The normalized spacial score (nSPS) is 15.8. The molecule has 1 fully saturated rings. The second-order valence-corrected chi connectivity index (χ2v) is 5.75. The third-order valence-electron chi connectivity index (χ3n) is 4.03. The highest BCUT2D eigenvalue weighted by molar-refractivity contribution is 5.20. The zero-order valence-corrected chi connectivity index (χ0v) is 12.5. The van der Waals surface area contributed by atoms with E-state index in [1.165, 1.54) is 32.1 Å². The summed E-state index contributed by atoms with van der Waals surface area (Å²) in [6.07, 6.45) is 8.87. The van der Waals surface area contributed by atoms with Gasteiger partial charge in [-0.15, -0.1) is 0 Å². The number of hydrogen-bond acceptors (Lipinski definition) is 3. The highest BCUT2D eigenvalue weighted by Crippen LogP contribution is 2.14. The molecule has 1 saturated heterocycles. The number of nitrogens with zero attached hydrogens (tertiary/aromatic N) is 2. The standard InChI is InChI=1S/C16H26N2O2/c1-2-3-4-5-10-18-13-16(20)15(19)11-14(18)12-17-8-6-7-9-17/h11,13,20H,2-10,12H2,1H3. The van der Waals surface area contributed by atoms with Gasteiger partial charge in [0.2, 0.25) is 5.43 Å². The topological polar surface area (TPSA) is 45.5 Å². The van der Waals surface area contributed by atoms with E-state index in [1.807, 2.05) is 0 Å². The Bertz CT molecular complexity index is 476. The lowest BCUT2D eigenvalue weighted by molar-refractivity contribution is 0.317. The molecule has 1 aliphatic heterocycles. The maximum atomic E-state index is 11.7. The molecule has 0 radical (unpaired) electrons. The molecule has 0 amide bonds. The highest BCUT2D eigenvalue weighted by Gasteiger charge is 2.14. The number of aromatic nitrogens is 1. The van der Waals surface area contributed by atoms with Crippen molar-refractivity contribution >= 4 is 0 Å². The van der Waals surface area contributed by atoms with Gasteiger partial charge in [-0.1, -0.05) is 26.2 Å². The fraction of sp³-hybridized carbons (Fsp3) is 0.688. The van der Waals surface area contributed by atoms with Crippen LogP contribution in [0.3, 0.4) is 0 Å². The van der Waals surface area contributed by atoms with E-state index in [2.05, 4.69) is 16.4 Å². The molecule has 0 atom stereocenters. The molecule has 2 heterocycles. The number of rotatable bonds is 7. The lowest BCUT2D eigenvalue weighted by atomic mass is 10.2. The minimum atomic E-state index is -0.260. The molecule has 2 rings (SSSR count). The smallest absolute Gasteiger partial charge is 0.223 e. The third-order valence-corrected chi connectivity index (χ3v) is 4.03. The SMILES string of the molecule is CCCCCCn1cc(O)c(=O)cc1CN1CCCC1. The molecule has 0 bridgehead atoms. The molecule has 0 aliphatic carbocycles. The predicted molar refractivity (Wildman–Crippen MR) is 81.0 cm³/mol. The van der Waals surface area contributed by atoms with Crippen molar-refractivity contribution in [3.05, 3.63) is 28.2 Å². The van der Waals surface area contributed by atoms with Gasteiger partial charge < -0.3 is 9.67 Å². The molecular formula is C16H26N2O2. The van der Waals surface area contributed by atoms with E-state index in [4.69, 9.17) is 0 Å². The van der Waals surface area contributed by atoms with Crippen molar-refractivity contribution < 1.29 is 5.11 Å². The van der Waals surface area contributed by atoms with E-state index in [0.717, 1.165) is 38.3 Å². The summed E-state index contributed by atoms with van der Waals surface area (Å²) in [7, 11) is 0. The average Bonchev–Trinajstić information content (AvgIpc) is 2.93. The van der Waals surface area contributed by atoms with Gasteiger partial charge in [-0.3, -0.25) is 9.69 Å². The van der Waals surface area contributed by atoms with Crippen LogP contribution >= 0.6 is 0 Å². The first-order valence-corrected chi connectivity index (χ1v) is 7.85. The monoisotopic (exact) mass is 278 g/mol. The summed E-state index contributed by atoms with van der Waals surface area (Å²) >= 11 is 0. The Balaban J connectivity index is 2.06. The average molecular weight is 278 g/mol. The fourth-order valence-corrected chi connectivity index (χ4v) is 2.83. The van der Waals surface area contributed by atoms with Crippen LogP contribution in [0.15, 0.2) is 17.1 Å². The minimum Gasteiger partial charge on any atom is -0.503 e. The third kappa shape index (κ3) is 4.10. The second-order valence-electron chi connectivity index (χ2n) is 5.75. The van der Waals surface area contributed by atoms with Gasteiger partial charge in [0.15, 0.2) is 5.75 Å². The van der Waals surface area contributed by atoms with Crippen molar-refractivity contribution in [2.75, 3.05) is 13.1 Å². The van der Waals surface area contributed by atoms with Crippen LogP contribution in [0.5, 0.6) is 5.75 Å². The van der Waals surface area contributed by atoms with Crippen molar-refractivity contribution in [3.8, 4) is 5.75 Å². The Morgan fingerprint density at radius 3 is 2.65 bits per heavy atom. The molecule has 4 nitrogen and oxygen atoms in total. The summed E-state index contributed by atoms with van der Waals surface area (Å²) in [4.78, 5) is 14.0. The van der Waals surface area contributed by atoms with Gasteiger partial charge in [0, 0.05) is 24.8 Å². The Kier molecular flexibility index (Phi) is 5.65. The number of unbranched alkanes of at least 4 members (excludes halogenated alkanes) is 3. The van der Waals surface area contributed by atoms with Crippen molar-refractivity contribution in [2.24, 2.45) is 0 Å². The zero-order valence-electron chi connectivity index (χ0n) is 12.5. The molecular weight excluding hydrogens is 252 g/mol. The van der Waals surface area contributed by atoms with Crippen molar-refractivity contribution in [3.63, 3.8) is 0 Å². The van der Waals surface area contributed by atoms with Crippen molar-refractivity contribution in [1.29, 1.82) is 0 Å². The van der Waals surface area contributed by atoms with Gasteiger partial charge in [0.05, 0.1) is 6.20 Å². The predicted octanol–water partition coefficient (Wildman–Crippen LogP) is 2.73. The molecule has 4 heteroatoms. The molecule has 0 unspecified atom stereocenters. The van der Waals surface area contributed by atoms with E-state index in [0.29, 0.717) is 0 Å². The van der Waals surface area contributed by atoms with Crippen LogP contribution in [0.2, 0.25) is 0 Å². The first kappa shape index (κ1) is 15.1. The van der Waals surface area contributed by atoms with Crippen LogP contribution in [-0.4, -0.2) is 27.7 Å². The molecule has 1 aliphatic rings. The lowest BCUT2D eigenvalue weighted by Gasteiger charge is -2.19. The van der Waals surface area contributed by atoms with Gasteiger partial charge in [0.25, 0.3) is 0 Å². The molecule has 20 heavy (non-hydrogen) atoms. The lowest BCUT2D eigenvalue weighted by Crippen LogP contribution is -2.23. The number of aryl methyl sites for hydroxylation is 1. The maximum absolute atomic E-state index is 11.7. The highest BCUT2D eigenvalue weighted by atomic mass is 16.3. The van der Waals surface area contributed by atoms with E-state index in [-0.39, 0.29) is 11.2 Å². The van der Waals surface area contributed by atoms with Crippen LogP contribution in [-0.2, 0) is 13.1 Å². The second kappa shape index (κ2) is 7.48. The van der Waals surface area contributed by atoms with E-state index >= 15 is 0 Å². The van der Waals surface area contributed by atoms with Crippen molar-refractivity contribution in [2.45, 2.75) is 58.5 Å². The van der Waals surface area contributed by atoms with Gasteiger partial charge in [-0.05, 0) is 32.4 Å². The summed E-state index contributed by atoms with van der Waals surface area (Å²) in [5.41, 5.74) is 0.773. The molecule has 0 saturated carbocycles. The van der Waals surface area contributed by atoms with Crippen LogP contribution in [0.25, 0.3) is 0 Å². The van der Waals surface area contributed by atoms with E-state index in [1.54, 1.807) is 12.3 Å². The summed E-state index contributed by atoms with van der Waals surface area (Å²) in [6, 6.07) is 1.60. The fourth-order valence-electron chi connectivity index (χ4n) is 2.83. The van der Waals surface area contributed by atoms with Gasteiger partial charge in [-0.2, -0.15) is 0 Å². The molecule has 0 aromatic carbocycles. The first-order valence-electron chi connectivity index (χ1n) is 7.85. The summed E-state index contributed by atoms with van der Waals surface area (Å²) in [5.74, 6) is -0.134. The summed E-state index contributed by atoms with van der Waals surface area (Å²) < 4.78 is 2.06.